The summed E-state index contributed by atoms with van der Waals surface area (Å²) in [5, 5.41) is 3.71. The first kappa shape index (κ1) is 22.1. The maximum Gasteiger partial charge on any atom is 0.276 e. The molecule has 8 nitrogen and oxygen atoms in total. The van der Waals surface area contributed by atoms with Gasteiger partial charge in [0.05, 0.1) is 18.5 Å². The Morgan fingerprint density at radius 1 is 1.03 bits per heavy atom. The zero-order valence-electron chi connectivity index (χ0n) is 18.9. The van der Waals surface area contributed by atoms with Gasteiger partial charge in [0.2, 0.25) is 6.17 Å². The number of nitrogens with zero attached hydrogens (tertiary/aromatic N) is 2. The summed E-state index contributed by atoms with van der Waals surface area (Å²) in [4.78, 5) is 41.1. The molecule has 0 spiro atoms. The first-order chi connectivity index (χ1) is 17.2. The second kappa shape index (κ2) is 9.66. The van der Waals surface area contributed by atoms with Crippen LogP contribution in [0.3, 0.4) is 0 Å². The summed E-state index contributed by atoms with van der Waals surface area (Å²) < 4.78 is 0. The van der Waals surface area contributed by atoms with Crippen molar-refractivity contribution < 1.29 is 14.4 Å². The van der Waals surface area contributed by atoms with Gasteiger partial charge in [-0.05, 0) is 18.2 Å². The molecule has 0 saturated carbocycles. The van der Waals surface area contributed by atoms with E-state index in [0.29, 0.717) is 17.1 Å². The quantitative estimate of drug-likeness (QED) is 0.378. The molecule has 8 heteroatoms. The molecule has 1 atom stereocenters. The minimum atomic E-state index is -1.16. The van der Waals surface area contributed by atoms with Crippen LogP contribution in [-0.2, 0) is 9.63 Å². The summed E-state index contributed by atoms with van der Waals surface area (Å²) in [6.45, 7) is 0. The van der Waals surface area contributed by atoms with Gasteiger partial charge in [-0.25, -0.2) is 4.99 Å². The normalized spacial score (nSPS) is 15.6. The number of hydrogen-bond donors (Lipinski definition) is 3. The predicted molar refractivity (Wildman–Crippen MR) is 135 cm³/mol. The van der Waals surface area contributed by atoms with Gasteiger partial charge in [0.15, 0.2) is 0 Å². The predicted octanol–water partition coefficient (Wildman–Crippen LogP) is 3.73. The summed E-state index contributed by atoms with van der Waals surface area (Å²) in [6, 6.07) is 26.4. The molecule has 0 aliphatic carbocycles. The minimum absolute atomic E-state index is 0.348. The number of amides is 2. The number of aromatic nitrogens is 1. The summed E-state index contributed by atoms with van der Waals surface area (Å²) in [7, 11) is 1.47. The average Bonchev–Trinajstić information content (AvgIpc) is 3.30. The third-order valence-electron chi connectivity index (χ3n) is 5.65. The Kier molecular flexibility index (Phi) is 6.11. The van der Waals surface area contributed by atoms with Crippen molar-refractivity contribution in [2.45, 2.75) is 6.17 Å². The highest BCUT2D eigenvalue weighted by atomic mass is 16.6. The number of rotatable bonds is 6. The van der Waals surface area contributed by atoms with Crippen molar-refractivity contribution in [1.29, 1.82) is 0 Å². The van der Waals surface area contributed by atoms with E-state index in [0.717, 1.165) is 22.0 Å². The molecule has 174 valence electrons. The van der Waals surface area contributed by atoms with Crippen molar-refractivity contribution in [2.75, 3.05) is 12.0 Å². The molecule has 2 amide bonds. The molecule has 0 radical (unpaired) electrons. The number of H-pyrrole nitrogens is 1. The first-order valence-corrected chi connectivity index (χ1v) is 11.0. The highest BCUT2D eigenvalue weighted by Gasteiger charge is 2.32. The van der Waals surface area contributed by atoms with Gasteiger partial charge in [0.25, 0.3) is 11.8 Å². The van der Waals surface area contributed by atoms with E-state index in [1.165, 1.54) is 18.2 Å². The van der Waals surface area contributed by atoms with E-state index in [1.54, 1.807) is 12.3 Å². The number of carbonyl (C=O) groups is 2. The number of para-hydroxylation sites is 2. The second-order valence-corrected chi connectivity index (χ2v) is 7.85. The summed E-state index contributed by atoms with van der Waals surface area (Å²) in [6.07, 6.45) is 1.89. The molecule has 0 fully saturated rings. The van der Waals surface area contributed by atoms with Gasteiger partial charge in [-0.15, -0.1) is 0 Å². The van der Waals surface area contributed by atoms with Crippen LogP contribution in [0.4, 0.5) is 5.69 Å². The van der Waals surface area contributed by atoms with Crippen LogP contribution >= 0.6 is 0 Å². The Labute approximate surface area is 201 Å². The van der Waals surface area contributed by atoms with Crippen molar-refractivity contribution in [1.82, 2.24) is 15.8 Å². The van der Waals surface area contributed by atoms with Crippen LogP contribution in [0.5, 0.6) is 0 Å². The Morgan fingerprint density at radius 3 is 2.57 bits per heavy atom. The number of anilines is 1. The van der Waals surface area contributed by atoms with Crippen LogP contribution in [0, 0.1) is 0 Å². The minimum Gasteiger partial charge on any atom is -0.351 e. The molecule has 1 aromatic heterocycles. The zero-order chi connectivity index (χ0) is 24.2. The SMILES string of the molecule is CONC=CN1C(=O)C(NC(=O)c2cc3ccccc3[nH]2)N=C(c2ccccc2)c2ccccc21. The van der Waals surface area contributed by atoms with Crippen LogP contribution in [0.25, 0.3) is 10.9 Å². The Morgan fingerprint density at radius 2 is 1.77 bits per heavy atom. The van der Waals surface area contributed by atoms with Crippen LogP contribution in [0.1, 0.15) is 21.6 Å². The molecule has 2 heterocycles. The Bertz CT molecular complexity index is 1410. The molecule has 35 heavy (non-hydrogen) atoms. The van der Waals surface area contributed by atoms with E-state index in [-0.39, 0.29) is 0 Å². The average molecular weight is 466 g/mol. The summed E-state index contributed by atoms with van der Waals surface area (Å²) in [5.74, 6) is -0.845. The van der Waals surface area contributed by atoms with Crippen molar-refractivity contribution >= 4 is 34.1 Å². The number of benzene rings is 3. The first-order valence-electron chi connectivity index (χ1n) is 11.0. The molecular weight excluding hydrogens is 442 g/mol. The van der Waals surface area contributed by atoms with E-state index >= 15 is 0 Å². The van der Waals surface area contributed by atoms with Gasteiger partial charge in [0, 0.05) is 34.4 Å². The van der Waals surface area contributed by atoms with E-state index in [2.05, 4.69) is 15.8 Å². The number of hydroxylamine groups is 1. The van der Waals surface area contributed by atoms with Crippen LogP contribution in [0.2, 0.25) is 0 Å². The number of aliphatic imine (C=N–C) groups is 1. The van der Waals surface area contributed by atoms with Crippen molar-refractivity contribution in [2.24, 2.45) is 4.99 Å². The fourth-order valence-electron chi connectivity index (χ4n) is 4.03. The van der Waals surface area contributed by atoms with Gasteiger partial charge >= 0.3 is 0 Å². The van der Waals surface area contributed by atoms with E-state index in [9.17, 15) is 9.59 Å². The lowest BCUT2D eigenvalue weighted by Crippen LogP contribution is -2.45. The van der Waals surface area contributed by atoms with Crippen molar-refractivity contribution in [3.8, 4) is 0 Å². The molecule has 1 aliphatic rings. The van der Waals surface area contributed by atoms with Gasteiger partial charge in [-0.3, -0.25) is 24.8 Å². The van der Waals surface area contributed by atoms with Gasteiger partial charge in [0.1, 0.15) is 5.69 Å². The third kappa shape index (κ3) is 4.42. The molecule has 4 aromatic rings. The molecule has 1 unspecified atom stereocenters. The maximum absolute atomic E-state index is 13.7. The highest BCUT2D eigenvalue weighted by Crippen LogP contribution is 2.28. The topological polar surface area (TPSA) is 98.8 Å². The number of fused-ring (bicyclic) bond motifs is 2. The van der Waals surface area contributed by atoms with Gasteiger partial charge in [-0.2, -0.15) is 0 Å². The van der Waals surface area contributed by atoms with Crippen LogP contribution < -0.4 is 15.7 Å². The van der Waals surface area contributed by atoms with Crippen molar-refractivity contribution in [3.63, 3.8) is 0 Å². The number of carbonyl (C=O) groups excluding carboxylic acids is 2. The van der Waals surface area contributed by atoms with Crippen molar-refractivity contribution in [3.05, 3.63) is 114 Å². The molecule has 3 N–H and O–H groups in total. The number of aromatic amines is 1. The van der Waals surface area contributed by atoms with E-state index < -0.39 is 18.0 Å². The summed E-state index contributed by atoms with van der Waals surface area (Å²) >= 11 is 0. The van der Waals surface area contributed by atoms with Crippen LogP contribution in [0.15, 0.2) is 102 Å². The van der Waals surface area contributed by atoms with Crippen LogP contribution in [-0.4, -0.2) is 35.8 Å². The highest BCUT2D eigenvalue weighted by molar-refractivity contribution is 6.20. The molecule has 0 saturated heterocycles. The van der Waals surface area contributed by atoms with Gasteiger partial charge < -0.3 is 10.3 Å². The lowest BCUT2D eigenvalue weighted by Gasteiger charge is -2.21. The molecule has 3 aromatic carbocycles. The molecule has 0 bridgehead atoms. The van der Waals surface area contributed by atoms with Gasteiger partial charge in [-0.1, -0.05) is 66.7 Å². The smallest absolute Gasteiger partial charge is 0.276 e. The fourth-order valence-corrected chi connectivity index (χ4v) is 4.03. The number of benzodiazepines with no additional fused rings is 1. The molecular formula is C27H23N5O3. The van der Waals surface area contributed by atoms with E-state index in [4.69, 9.17) is 9.83 Å². The molecule has 5 rings (SSSR count). The number of nitrogens with one attached hydrogen (secondary N) is 3. The lowest BCUT2D eigenvalue weighted by molar-refractivity contribution is -0.119. The van der Waals surface area contributed by atoms with E-state index in [1.807, 2.05) is 78.9 Å². The summed E-state index contributed by atoms with van der Waals surface area (Å²) in [5.41, 5.74) is 6.62. The maximum atomic E-state index is 13.7. The standard InChI is InChI=1S/C27H23N5O3/c1-35-28-15-16-32-23-14-8-6-12-20(23)24(18-9-3-2-4-10-18)30-25(27(32)34)31-26(33)22-17-19-11-5-7-13-21(19)29-22/h2-17,25,28-29H,1H3,(H,31,33). The zero-order valence-corrected chi connectivity index (χ0v) is 18.9. The molecule has 1 aliphatic heterocycles. The lowest BCUT2D eigenvalue weighted by atomic mass is 10.0. The Hall–Kier alpha value is -4.69. The Balaban J connectivity index is 1.58. The largest absolute Gasteiger partial charge is 0.351 e. The second-order valence-electron chi connectivity index (χ2n) is 7.85. The monoisotopic (exact) mass is 465 g/mol. The fraction of sp³-hybridized carbons (Fsp3) is 0.0741. The third-order valence-corrected chi connectivity index (χ3v) is 5.65. The number of hydrogen-bond acceptors (Lipinski definition) is 5.